The molecule has 0 saturated carbocycles. The lowest BCUT2D eigenvalue weighted by Crippen LogP contribution is -1.88. The SMILES string of the molecule is Cc1c(Br)ccc2c(-c3ccccc3)ccnc12. The highest BCUT2D eigenvalue weighted by Crippen LogP contribution is 2.31. The summed E-state index contributed by atoms with van der Waals surface area (Å²) < 4.78 is 1.10. The van der Waals surface area contributed by atoms with E-state index in [1.54, 1.807) is 0 Å². The zero-order valence-electron chi connectivity index (χ0n) is 10.0. The molecule has 0 aliphatic rings. The van der Waals surface area contributed by atoms with Crippen LogP contribution in [0.4, 0.5) is 0 Å². The fraction of sp³-hybridized carbons (Fsp3) is 0.0625. The van der Waals surface area contributed by atoms with E-state index in [9.17, 15) is 0 Å². The summed E-state index contributed by atoms with van der Waals surface area (Å²) in [6.45, 7) is 2.09. The Morgan fingerprint density at radius 1 is 0.944 bits per heavy atom. The minimum absolute atomic E-state index is 1.06. The quantitative estimate of drug-likeness (QED) is 0.618. The fourth-order valence-corrected chi connectivity index (χ4v) is 2.52. The number of rotatable bonds is 1. The van der Waals surface area contributed by atoms with Gasteiger partial charge in [-0.3, -0.25) is 4.98 Å². The summed E-state index contributed by atoms with van der Waals surface area (Å²) in [6.07, 6.45) is 1.88. The van der Waals surface area contributed by atoms with Crippen molar-refractivity contribution in [1.29, 1.82) is 0 Å². The van der Waals surface area contributed by atoms with Crippen LogP contribution in [0.2, 0.25) is 0 Å². The minimum atomic E-state index is 1.06. The molecule has 0 aliphatic heterocycles. The van der Waals surface area contributed by atoms with Crippen LogP contribution in [-0.4, -0.2) is 4.98 Å². The van der Waals surface area contributed by atoms with Gasteiger partial charge in [0.1, 0.15) is 0 Å². The summed E-state index contributed by atoms with van der Waals surface area (Å²) in [5.41, 5.74) is 4.71. The predicted octanol–water partition coefficient (Wildman–Crippen LogP) is 4.97. The normalized spacial score (nSPS) is 10.8. The maximum absolute atomic E-state index is 4.50. The van der Waals surface area contributed by atoms with Crippen LogP contribution in [0.25, 0.3) is 22.0 Å². The number of aryl methyl sites for hydroxylation is 1. The van der Waals surface area contributed by atoms with Crippen molar-refractivity contribution in [2.24, 2.45) is 0 Å². The number of nitrogens with zero attached hydrogens (tertiary/aromatic N) is 1. The molecule has 2 aromatic carbocycles. The van der Waals surface area contributed by atoms with Gasteiger partial charge in [-0.2, -0.15) is 0 Å². The molecule has 1 aromatic heterocycles. The lowest BCUT2D eigenvalue weighted by molar-refractivity contribution is 1.35. The van der Waals surface area contributed by atoms with Gasteiger partial charge in [-0.15, -0.1) is 0 Å². The first-order chi connectivity index (χ1) is 8.77. The first-order valence-electron chi connectivity index (χ1n) is 5.86. The molecule has 0 radical (unpaired) electrons. The van der Waals surface area contributed by atoms with Gasteiger partial charge in [-0.05, 0) is 35.7 Å². The molecule has 0 fully saturated rings. The standard InChI is InChI=1S/C16H12BrN/c1-11-15(17)8-7-14-13(9-10-18-16(11)14)12-5-3-2-4-6-12/h2-10H,1H3. The van der Waals surface area contributed by atoms with Crippen molar-refractivity contribution < 1.29 is 0 Å². The van der Waals surface area contributed by atoms with Crippen molar-refractivity contribution in [1.82, 2.24) is 4.98 Å². The molecule has 3 rings (SSSR count). The molecule has 1 heterocycles. The van der Waals surface area contributed by atoms with Crippen molar-refractivity contribution in [3.63, 3.8) is 0 Å². The average molecular weight is 298 g/mol. The molecule has 0 amide bonds. The Morgan fingerprint density at radius 3 is 2.50 bits per heavy atom. The molecular weight excluding hydrogens is 286 g/mol. The molecule has 0 spiro atoms. The van der Waals surface area contributed by atoms with Gasteiger partial charge in [0.2, 0.25) is 0 Å². The van der Waals surface area contributed by atoms with Crippen LogP contribution in [0, 0.1) is 6.92 Å². The molecule has 0 N–H and O–H groups in total. The third-order valence-electron chi connectivity index (χ3n) is 3.18. The van der Waals surface area contributed by atoms with Crippen molar-refractivity contribution in [3.05, 3.63) is 64.8 Å². The first-order valence-corrected chi connectivity index (χ1v) is 6.66. The van der Waals surface area contributed by atoms with E-state index < -0.39 is 0 Å². The summed E-state index contributed by atoms with van der Waals surface area (Å²) in [7, 11) is 0. The zero-order chi connectivity index (χ0) is 12.5. The molecule has 18 heavy (non-hydrogen) atoms. The van der Waals surface area contributed by atoms with Gasteiger partial charge in [-0.1, -0.05) is 52.3 Å². The lowest BCUT2D eigenvalue weighted by Gasteiger charge is -2.09. The van der Waals surface area contributed by atoms with Crippen LogP contribution in [0.1, 0.15) is 5.56 Å². The summed E-state index contributed by atoms with van der Waals surface area (Å²) in [5, 5.41) is 1.20. The van der Waals surface area contributed by atoms with Crippen molar-refractivity contribution in [2.45, 2.75) is 6.92 Å². The minimum Gasteiger partial charge on any atom is -0.256 e. The summed E-state index contributed by atoms with van der Waals surface area (Å²) in [6, 6.07) is 16.7. The molecule has 0 unspecified atom stereocenters. The number of fused-ring (bicyclic) bond motifs is 1. The van der Waals surface area contributed by atoms with E-state index in [2.05, 4.69) is 70.3 Å². The Balaban J connectivity index is 2.35. The number of aromatic nitrogens is 1. The molecule has 1 nitrogen and oxygen atoms in total. The molecule has 0 saturated heterocycles. The molecule has 3 aromatic rings. The Bertz CT molecular complexity index is 705. The van der Waals surface area contributed by atoms with Gasteiger partial charge in [0.25, 0.3) is 0 Å². The van der Waals surface area contributed by atoms with Gasteiger partial charge in [-0.25, -0.2) is 0 Å². The largest absolute Gasteiger partial charge is 0.256 e. The lowest BCUT2D eigenvalue weighted by atomic mass is 10.00. The third kappa shape index (κ3) is 1.83. The van der Waals surface area contributed by atoms with E-state index in [4.69, 9.17) is 0 Å². The van der Waals surface area contributed by atoms with Crippen molar-refractivity contribution >= 4 is 26.8 Å². The Hall–Kier alpha value is -1.67. The number of halogens is 1. The van der Waals surface area contributed by atoms with E-state index in [1.165, 1.54) is 22.1 Å². The van der Waals surface area contributed by atoms with E-state index in [0.29, 0.717) is 0 Å². The predicted molar refractivity (Wildman–Crippen MR) is 79.6 cm³/mol. The van der Waals surface area contributed by atoms with E-state index in [0.717, 1.165) is 9.99 Å². The van der Waals surface area contributed by atoms with E-state index in [1.807, 2.05) is 12.3 Å². The maximum atomic E-state index is 4.50. The first kappa shape index (κ1) is 11.4. The number of hydrogen-bond donors (Lipinski definition) is 0. The average Bonchev–Trinajstić information content (AvgIpc) is 2.43. The van der Waals surface area contributed by atoms with Gasteiger partial charge >= 0.3 is 0 Å². The Labute approximate surface area is 115 Å². The van der Waals surface area contributed by atoms with Crippen LogP contribution in [0.15, 0.2) is 59.2 Å². The van der Waals surface area contributed by atoms with Crippen LogP contribution in [0.3, 0.4) is 0 Å². The molecule has 2 heteroatoms. The van der Waals surface area contributed by atoms with Crippen molar-refractivity contribution in [3.8, 4) is 11.1 Å². The molecule has 0 atom stereocenters. The monoisotopic (exact) mass is 297 g/mol. The van der Waals surface area contributed by atoms with Crippen LogP contribution >= 0.6 is 15.9 Å². The third-order valence-corrected chi connectivity index (χ3v) is 4.04. The second kappa shape index (κ2) is 4.54. The van der Waals surface area contributed by atoms with Crippen LogP contribution < -0.4 is 0 Å². The van der Waals surface area contributed by atoms with Gasteiger partial charge in [0.15, 0.2) is 0 Å². The zero-order valence-corrected chi connectivity index (χ0v) is 11.6. The van der Waals surface area contributed by atoms with E-state index >= 15 is 0 Å². The highest BCUT2D eigenvalue weighted by molar-refractivity contribution is 9.10. The second-order valence-electron chi connectivity index (χ2n) is 4.29. The van der Waals surface area contributed by atoms with Crippen LogP contribution in [-0.2, 0) is 0 Å². The highest BCUT2D eigenvalue weighted by atomic mass is 79.9. The number of benzene rings is 2. The second-order valence-corrected chi connectivity index (χ2v) is 5.15. The topological polar surface area (TPSA) is 12.9 Å². The van der Waals surface area contributed by atoms with Gasteiger partial charge in [0.05, 0.1) is 5.52 Å². The van der Waals surface area contributed by atoms with Crippen LogP contribution in [0.5, 0.6) is 0 Å². The molecule has 88 valence electrons. The summed E-state index contributed by atoms with van der Waals surface area (Å²) in [4.78, 5) is 4.50. The Morgan fingerprint density at radius 2 is 1.72 bits per heavy atom. The maximum Gasteiger partial charge on any atom is 0.0748 e. The Kier molecular flexibility index (Phi) is 2.88. The summed E-state index contributed by atoms with van der Waals surface area (Å²) >= 11 is 3.56. The van der Waals surface area contributed by atoms with Gasteiger partial charge in [0, 0.05) is 16.1 Å². The van der Waals surface area contributed by atoms with E-state index in [-0.39, 0.29) is 0 Å². The molecule has 0 aliphatic carbocycles. The smallest absolute Gasteiger partial charge is 0.0748 e. The molecular formula is C16H12BrN. The number of hydrogen-bond acceptors (Lipinski definition) is 1. The summed E-state index contributed by atoms with van der Waals surface area (Å²) in [5.74, 6) is 0. The number of pyridine rings is 1. The van der Waals surface area contributed by atoms with Crippen molar-refractivity contribution in [2.75, 3.05) is 0 Å². The fourth-order valence-electron chi connectivity index (χ4n) is 2.20. The van der Waals surface area contributed by atoms with Gasteiger partial charge < -0.3 is 0 Å². The highest BCUT2D eigenvalue weighted by Gasteiger charge is 2.07. The molecule has 0 bridgehead atoms.